The predicted octanol–water partition coefficient (Wildman–Crippen LogP) is 1.68. The minimum atomic E-state index is 0.0460. The minimum absolute atomic E-state index is 0.0460. The highest BCUT2D eigenvalue weighted by molar-refractivity contribution is 5.95. The van der Waals surface area contributed by atoms with Crippen molar-refractivity contribution in [1.82, 2.24) is 9.88 Å². The Labute approximate surface area is 114 Å². The third-order valence-corrected chi connectivity index (χ3v) is 3.33. The van der Waals surface area contributed by atoms with Crippen LogP contribution in [0.1, 0.15) is 29.9 Å². The summed E-state index contributed by atoms with van der Waals surface area (Å²) in [5.41, 5.74) is 1.52. The number of hydrogen-bond acceptors (Lipinski definition) is 4. The summed E-state index contributed by atoms with van der Waals surface area (Å²) in [6.07, 6.45) is 0.0897. The number of rotatable bonds is 2. The molecule has 2 atom stereocenters. The van der Waals surface area contributed by atoms with Crippen molar-refractivity contribution in [1.29, 1.82) is 0 Å². The Balaban J connectivity index is 2.25. The number of morpholine rings is 1. The second-order valence-corrected chi connectivity index (χ2v) is 5.08. The molecule has 0 aromatic carbocycles. The van der Waals surface area contributed by atoms with Gasteiger partial charge in [0.15, 0.2) is 0 Å². The molecule has 0 aliphatic carbocycles. The highest BCUT2D eigenvalue weighted by Gasteiger charge is 2.28. The summed E-state index contributed by atoms with van der Waals surface area (Å²) in [6, 6.07) is 3.73. The summed E-state index contributed by atoms with van der Waals surface area (Å²) in [5.74, 6) is 0.766. The van der Waals surface area contributed by atoms with Crippen LogP contribution in [0.5, 0.6) is 0 Å². The van der Waals surface area contributed by atoms with Crippen LogP contribution < -0.4 is 5.32 Å². The van der Waals surface area contributed by atoms with Crippen LogP contribution in [-0.4, -0.2) is 48.1 Å². The van der Waals surface area contributed by atoms with E-state index in [1.807, 2.05) is 31.7 Å². The molecule has 2 heterocycles. The number of nitrogens with zero attached hydrogens (tertiary/aromatic N) is 2. The molecule has 1 aliphatic rings. The van der Waals surface area contributed by atoms with Gasteiger partial charge < -0.3 is 15.0 Å². The van der Waals surface area contributed by atoms with Crippen molar-refractivity contribution < 1.29 is 9.53 Å². The first kappa shape index (κ1) is 13.8. The van der Waals surface area contributed by atoms with Gasteiger partial charge in [-0.25, -0.2) is 4.98 Å². The van der Waals surface area contributed by atoms with Crippen LogP contribution in [-0.2, 0) is 4.74 Å². The number of aromatic nitrogens is 1. The average molecular weight is 263 g/mol. The van der Waals surface area contributed by atoms with E-state index in [0.29, 0.717) is 18.7 Å². The Kier molecular flexibility index (Phi) is 4.04. The normalized spacial score (nSPS) is 23.3. The molecular formula is C14H21N3O2. The minimum Gasteiger partial charge on any atom is -0.375 e. The molecule has 19 heavy (non-hydrogen) atoms. The summed E-state index contributed by atoms with van der Waals surface area (Å²) in [4.78, 5) is 18.8. The van der Waals surface area contributed by atoms with Crippen LogP contribution in [0.15, 0.2) is 12.1 Å². The lowest BCUT2D eigenvalue weighted by Gasteiger charge is -2.36. The predicted molar refractivity (Wildman–Crippen MR) is 74.4 cm³/mol. The number of nitrogens with one attached hydrogen (secondary N) is 1. The number of hydrogen-bond donors (Lipinski definition) is 1. The molecule has 1 saturated heterocycles. The number of aryl methyl sites for hydroxylation is 1. The molecule has 0 radical (unpaired) electrons. The second kappa shape index (κ2) is 5.57. The molecule has 1 aromatic rings. The van der Waals surface area contributed by atoms with Gasteiger partial charge in [0.1, 0.15) is 5.82 Å². The molecule has 2 unspecified atom stereocenters. The summed E-state index contributed by atoms with van der Waals surface area (Å²) in [6.45, 7) is 7.12. The van der Waals surface area contributed by atoms with Crippen molar-refractivity contribution in [2.45, 2.75) is 32.9 Å². The van der Waals surface area contributed by atoms with E-state index in [2.05, 4.69) is 10.3 Å². The van der Waals surface area contributed by atoms with Gasteiger partial charge in [-0.3, -0.25) is 4.79 Å². The van der Waals surface area contributed by atoms with E-state index in [1.54, 1.807) is 13.1 Å². The molecule has 104 valence electrons. The smallest absolute Gasteiger partial charge is 0.254 e. The van der Waals surface area contributed by atoms with Gasteiger partial charge in [-0.05, 0) is 32.9 Å². The molecule has 1 fully saturated rings. The molecule has 2 rings (SSSR count). The fourth-order valence-electron chi connectivity index (χ4n) is 2.27. The molecule has 0 saturated carbocycles. The Morgan fingerprint density at radius 3 is 2.89 bits per heavy atom. The lowest BCUT2D eigenvalue weighted by Crippen LogP contribution is -2.50. The van der Waals surface area contributed by atoms with Gasteiger partial charge in [-0.1, -0.05) is 0 Å². The molecular weight excluding hydrogens is 242 g/mol. The van der Waals surface area contributed by atoms with Crippen LogP contribution in [0.3, 0.4) is 0 Å². The Hall–Kier alpha value is -1.62. The Morgan fingerprint density at radius 1 is 1.47 bits per heavy atom. The first-order valence-electron chi connectivity index (χ1n) is 6.60. The topological polar surface area (TPSA) is 54.5 Å². The molecule has 0 spiro atoms. The molecule has 5 heteroatoms. The third kappa shape index (κ3) is 3.04. The fraction of sp³-hybridized carbons (Fsp3) is 0.571. The maximum absolute atomic E-state index is 12.6. The highest BCUT2D eigenvalue weighted by atomic mass is 16.5. The Morgan fingerprint density at radius 2 is 2.21 bits per heavy atom. The summed E-state index contributed by atoms with van der Waals surface area (Å²) < 4.78 is 5.56. The van der Waals surface area contributed by atoms with Crippen molar-refractivity contribution >= 4 is 11.7 Å². The number of carbonyl (C=O) groups is 1. The molecule has 1 aromatic heterocycles. The SMILES string of the molecule is CNc1cc(C(=O)N2CC(C)OCC2C)cc(C)n1. The van der Waals surface area contributed by atoms with Crippen molar-refractivity contribution in [2.75, 3.05) is 25.5 Å². The van der Waals surface area contributed by atoms with Crippen molar-refractivity contribution in [2.24, 2.45) is 0 Å². The molecule has 1 aliphatic heterocycles. The number of carbonyl (C=O) groups excluding carboxylic acids is 1. The number of anilines is 1. The fourth-order valence-corrected chi connectivity index (χ4v) is 2.27. The maximum atomic E-state index is 12.6. The standard InChI is InChI=1S/C14H21N3O2/c1-9-5-12(6-13(15-4)16-9)14(18)17-7-11(3)19-8-10(17)2/h5-6,10-11H,7-8H2,1-4H3,(H,15,16). The molecule has 5 nitrogen and oxygen atoms in total. The summed E-state index contributed by atoms with van der Waals surface area (Å²) >= 11 is 0. The van der Waals surface area contributed by atoms with Gasteiger partial charge >= 0.3 is 0 Å². The van der Waals surface area contributed by atoms with Crippen molar-refractivity contribution in [3.8, 4) is 0 Å². The van der Waals surface area contributed by atoms with E-state index in [0.717, 1.165) is 11.5 Å². The summed E-state index contributed by atoms with van der Waals surface area (Å²) in [5, 5.41) is 2.98. The van der Waals surface area contributed by atoms with Crippen LogP contribution in [0, 0.1) is 6.92 Å². The van der Waals surface area contributed by atoms with Gasteiger partial charge in [0.05, 0.1) is 18.8 Å². The second-order valence-electron chi connectivity index (χ2n) is 5.08. The van der Waals surface area contributed by atoms with E-state index in [-0.39, 0.29) is 18.1 Å². The first-order valence-corrected chi connectivity index (χ1v) is 6.60. The zero-order valence-electron chi connectivity index (χ0n) is 11.9. The lowest BCUT2D eigenvalue weighted by molar-refractivity contribution is -0.0387. The molecule has 0 bridgehead atoms. The highest BCUT2D eigenvalue weighted by Crippen LogP contribution is 2.17. The van der Waals surface area contributed by atoms with Crippen molar-refractivity contribution in [3.63, 3.8) is 0 Å². The molecule has 1 amide bonds. The van der Waals surface area contributed by atoms with Crippen molar-refractivity contribution in [3.05, 3.63) is 23.4 Å². The summed E-state index contributed by atoms with van der Waals surface area (Å²) in [7, 11) is 1.80. The zero-order chi connectivity index (χ0) is 14.0. The Bertz CT molecular complexity index is 476. The quantitative estimate of drug-likeness (QED) is 0.882. The van der Waals surface area contributed by atoms with E-state index < -0.39 is 0 Å². The monoisotopic (exact) mass is 263 g/mol. The number of amides is 1. The van der Waals surface area contributed by atoms with E-state index in [1.165, 1.54) is 0 Å². The van der Waals surface area contributed by atoms with E-state index in [4.69, 9.17) is 4.74 Å². The lowest BCUT2D eigenvalue weighted by atomic mass is 10.1. The van der Waals surface area contributed by atoms with E-state index in [9.17, 15) is 4.79 Å². The van der Waals surface area contributed by atoms with Crippen LogP contribution in [0.25, 0.3) is 0 Å². The number of pyridine rings is 1. The van der Waals surface area contributed by atoms with Gasteiger partial charge in [-0.2, -0.15) is 0 Å². The van der Waals surface area contributed by atoms with Gasteiger partial charge in [0.25, 0.3) is 5.91 Å². The third-order valence-electron chi connectivity index (χ3n) is 3.33. The van der Waals surface area contributed by atoms with Crippen LogP contribution in [0.2, 0.25) is 0 Å². The van der Waals surface area contributed by atoms with Gasteiger partial charge in [0.2, 0.25) is 0 Å². The average Bonchev–Trinajstić information content (AvgIpc) is 2.40. The van der Waals surface area contributed by atoms with Gasteiger partial charge in [0, 0.05) is 24.8 Å². The van der Waals surface area contributed by atoms with E-state index >= 15 is 0 Å². The zero-order valence-corrected chi connectivity index (χ0v) is 11.9. The first-order chi connectivity index (χ1) is 9.01. The van der Waals surface area contributed by atoms with Crippen LogP contribution >= 0.6 is 0 Å². The van der Waals surface area contributed by atoms with Crippen LogP contribution in [0.4, 0.5) is 5.82 Å². The maximum Gasteiger partial charge on any atom is 0.254 e. The number of ether oxygens (including phenoxy) is 1. The largest absolute Gasteiger partial charge is 0.375 e. The molecule has 1 N–H and O–H groups in total. The van der Waals surface area contributed by atoms with Gasteiger partial charge in [-0.15, -0.1) is 0 Å².